The van der Waals surface area contributed by atoms with E-state index in [1.165, 1.54) is 44.9 Å². The van der Waals surface area contributed by atoms with Crippen molar-refractivity contribution >= 4 is 5.91 Å². The molecular weight excluding hydrogens is 338 g/mol. The zero-order valence-electron chi connectivity index (χ0n) is 17.2. The average Bonchev–Trinajstić information content (AvgIpc) is 2.70. The van der Waals surface area contributed by atoms with Crippen molar-refractivity contribution in [2.45, 2.75) is 90.2 Å². The van der Waals surface area contributed by atoms with Crippen LogP contribution in [0.25, 0.3) is 0 Å². The molecule has 1 rings (SSSR count). The van der Waals surface area contributed by atoms with Gasteiger partial charge in [-0.05, 0) is 12.0 Å². The summed E-state index contributed by atoms with van der Waals surface area (Å²) in [6.07, 6.45) is 10.8. The summed E-state index contributed by atoms with van der Waals surface area (Å²) in [5.41, 5.74) is 0.802. The quantitative estimate of drug-likeness (QED) is 0.386. The van der Waals surface area contributed by atoms with Crippen molar-refractivity contribution in [1.82, 2.24) is 5.32 Å². The van der Waals surface area contributed by atoms with Crippen molar-refractivity contribution < 1.29 is 15.0 Å². The molecule has 1 amide bonds. The van der Waals surface area contributed by atoms with Gasteiger partial charge in [0.25, 0.3) is 0 Å². The van der Waals surface area contributed by atoms with Gasteiger partial charge < -0.3 is 15.5 Å². The molecule has 4 nitrogen and oxygen atoms in total. The number of benzene rings is 1. The highest BCUT2D eigenvalue weighted by Crippen LogP contribution is 2.24. The van der Waals surface area contributed by atoms with E-state index in [1.54, 1.807) is 0 Å². The van der Waals surface area contributed by atoms with E-state index in [0.717, 1.165) is 18.4 Å². The molecule has 0 saturated carbocycles. The van der Waals surface area contributed by atoms with E-state index in [2.05, 4.69) is 12.2 Å². The standard InChI is InChI=1S/C23H39NO3/c1-3-4-5-6-7-8-9-10-14-17-22(26)24-21(18-25)19(2)23(27)20-15-12-11-13-16-20/h11-13,15-16,19,21,23,25,27H,3-10,14,17-18H2,1-2H3,(H,24,26)/t19-,21-,23+/m0/s1. The molecule has 1 aromatic carbocycles. The normalized spacial score (nSPS) is 14.5. The van der Waals surface area contributed by atoms with Crippen LogP contribution in [0.15, 0.2) is 30.3 Å². The Kier molecular flexibility index (Phi) is 12.8. The van der Waals surface area contributed by atoms with Crippen LogP contribution in [-0.4, -0.2) is 28.8 Å². The first-order chi connectivity index (χ1) is 13.1. The summed E-state index contributed by atoms with van der Waals surface area (Å²) < 4.78 is 0. The van der Waals surface area contributed by atoms with E-state index in [-0.39, 0.29) is 18.4 Å². The van der Waals surface area contributed by atoms with Crippen LogP contribution in [0.4, 0.5) is 0 Å². The van der Waals surface area contributed by atoms with Gasteiger partial charge in [-0.15, -0.1) is 0 Å². The third kappa shape index (κ3) is 9.92. The largest absolute Gasteiger partial charge is 0.394 e. The molecular formula is C23H39NO3. The number of rotatable bonds is 15. The lowest BCUT2D eigenvalue weighted by atomic mass is 9.91. The van der Waals surface area contributed by atoms with Crippen LogP contribution in [0, 0.1) is 5.92 Å². The number of aliphatic hydroxyl groups is 2. The number of aliphatic hydroxyl groups excluding tert-OH is 2. The highest BCUT2D eigenvalue weighted by atomic mass is 16.3. The summed E-state index contributed by atoms with van der Waals surface area (Å²) in [5.74, 6) is -0.298. The highest BCUT2D eigenvalue weighted by molar-refractivity contribution is 5.76. The van der Waals surface area contributed by atoms with Gasteiger partial charge in [-0.25, -0.2) is 0 Å². The number of hydrogen-bond donors (Lipinski definition) is 3. The lowest BCUT2D eigenvalue weighted by Gasteiger charge is -2.27. The van der Waals surface area contributed by atoms with Gasteiger partial charge in [-0.1, -0.05) is 95.5 Å². The Morgan fingerprint density at radius 2 is 1.52 bits per heavy atom. The number of unbranched alkanes of at least 4 members (excludes halogenated alkanes) is 8. The molecule has 4 heteroatoms. The SMILES string of the molecule is CCCCCCCCCCCC(=O)N[C@@H](CO)[C@H](C)[C@@H](O)c1ccccc1. The fraction of sp³-hybridized carbons (Fsp3) is 0.696. The van der Waals surface area contributed by atoms with E-state index in [9.17, 15) is 15.0 Å². The number of amides is 1. The smallest absolute Gasteiger partial charge is 0.220 e. The summed E-state index contributed by atoms with van der Waals surface area (Å²) in [7, 11) is 0. The molecule has 0 radical (unpaired) electrons. The summed E-state index contributed by atoms with van der Waals surface area (Å²) >= 11 is 0. The Labute approximate surface area is 165 Å². The van der Waals surface area contributed by atoms with Gasteiger partial charge in [-0.2, -0.15) is 0 Å². The van der Waals surface area contributed by atoms with E-state index < -0.39 is 12.1 Å². The Bertz CT molecular complexity index is 492. The van der Waals surface area contributed by atoms with E-state index in [1.807, 2.05) is 37.3 Å². The van der Waals surface area contributed by atoms with Gasteiger partial charge in [0.15, 0.2) is 0 Å². The second kappa shape index (κ2) is 14.6. The molecule has 0 spiro atoms. The van der Waals surface area contributed by atoms with Crippen LogP contribution in [0.5, 0.6) is 0 Å². The van der Waals surface area contributed by atoms with Crippen LogP contribution >= 0.6 is 0 Å². The van der Waals surface area contributed by atoms with E-state index in [4.69, 9.17) is 0 Å². The van der Waals surface area contributed by atoms with Crippen LogP contribution in [-0.2, 0) is 4.79 Å². The summed E-state index contributed by atoms with van der Waals surface area (Å²) in [6.45, 7) is 3.92. The van der Waals surface area contributed by atoms with Gasteiger partial charge in [-0.3, -0.25) is 4.79 Å². The molecule has 27 heavy (non-hydrogen) atoms. The molecule has 0 heterocycles. The van der Waals surface area contributed by atoms with Crippen LogP contribution in [0.2, 0.25) is 0 Å². The lowest BCUT2D eigenvalue weighted by molar-refractivity contribution is -0.123. The van der Waals surface area contributed by atoms with Crippen molar-refractivity contribution in [2.75, 3.05) is 6.61 Å². The molecule has 3 atom stereocenters. The van der Waals surface area contributed by atoms with Gasteiger partial charge in [0.2, 0.25) is 5.91 Å². The number of hydrogen-bond acceptors (Lipinski definition) is 3. The molecule has 0 saturated heterocycles. The third-order valence-electron chi connectivity index (χ3n) is 5.32. The van der Waals surface area contributed by atoms with Crippen LogP contribution in [0.3, 0.4) is 0 Å². The maximum absolute atomic E-state index is 12.2. The molecule has 0 aliphatic carbocycles. The topological polar surface area (TPSA) is 69.6 Å². The summed E-state index contributed by atoms with van der Waals surface area (Å²) in [6, 6.07) is 8.94. The minimum atomic E-state index is -0.712. The zero-order valence-corrected chi connectivity index (χ0v) is 17.2. The monoisotopic (exact) mass is 377 g/mol. The molecule has 154 valence electrons. The van der Waals surface area contributed by atoms with Crippen molar-refractivity contribution in [1.29, 1.82) is 0 Å². The fourth-order valence-corrected chi connectivity index (χ4v) is 3.39. The summed E-state index contributed by atoms with van der Waals surface area (Å²) in [5, 5.41) is 23.0. The molecule has 1 aromatic rings. The van der Waals surface area contributed by atoms with Crippen LogP contribution < -0.4 is 5.32 Å². The number of carbonyl (C=O) groups is 1. The van der Waals surface area contributed by atoms with Gasteiger partial charge in [0, 0.05) is 12.3 Å². The van der Waals surface area contributed by atoms with E-state index >= 15 is 0 Å². The van der Waals surface area contributed by atoms with Crippen molar-refractivity contribution in [3.05, 3.63) is 35.9 Å². The Morgan fingerprint density at radius 3 is 2.07 bits per heavy atom. The molecule has 3 N–H and O–H groups in total. The molecule has 0 aliphatic rings. The lowest BCUT2D eigenvalue weighted by Crippen LogP contribution is -2.43. The molecule has 0 unspecified atom stereocenters. The number of nitrogens with one attached hydrogen (secondary N) is 1. The van der Waals surface area contributed by atoms with E-state index in [0.29, 0.717) is 6.42 Å². The van der Waals surface area contributed by atoms with Crippen molar-refractivity contribution in [2.24, 2.45) is 5.92 Å². The summed E-state index contributed by atoms with van der Waals surface area (Å²) in [4.78, 5) is 12.2. The Balaban J connectivity index is 2.23. The van der Waals surface area contributed by atoms with Gasteiger partial charge in [0.05, 0.1) is 18.8 Å². The predicted octanol–water partition coefficient (Wildman–Crippen LogP) is 4.75. The first-order valence-electron chi connectivity index (χ1n) is 10.7. The first kappa shape index (κ1) is 23.6. The van der Waals surface area contributed by atoms with Crippen LogP contribution in [0.1, 0.15) is 89.7 Å². The maximum Gasteiger partial charge on any atom is 0.220 e. The van der Waals surface area contributed by atoms with Gasteiger partial charge in [0.1, 0.15) is 0 Å². The maximum atomic E-state index is 12.2. The highest BCUT2D eigenvalue weighted by Gasteiger charge is 2.26. The third-order valence-corrected chi connectivity index (χ3v) is 5.32. The number of carbonyl (C=O) groups excluding carboxylic acids is 1. The first-order valence-corrected chi connectivity index (χ1v) is 10.7. The minimum Gasteiger partial charge on any atom is -0.394 e. The average molecular weight is 378 g/mol. The molecule has 0 bridgehead atoms. The Hall–Kier alpha value is -1.39. The molecule has 0 aliphatic heterocycles. The second-order valence-corrected chi connectivity index (χ2v) is 7.65. The minimum absolute atomic E-state index is 0.0379. The Morgan fingerprint density at radius 1 is 0.963 bits per heavy atom. The molecule has 0 aromatic heterocycles. The van der Waals surface area contributed by atoms with Crippen molar-refractivity contribution in [3.63, 3.8) is 0 Å². The molecule has 0 fully saturated rings. The predicted molar refractivity (Wildman–Crippen MR) is 111 cm³/mol. The van der Waals surface area contributed by atoms with Crippen molar-refractivity contribution in [3.8, 4) is 0 Å². The fourth-order valence-electron chi connectivity index (χ4n) is 3.39. The van der Waals surface area contributed by atoms with Gasteiger partial charge >= 0.3 is 0 Å². The zero-order chi connectivity index (χ0) is 19.9. The second-order valence-electron chi connectivity index (χ2n) is 7.65.